The molecule has 0 amide bonds. The van der Waals surface area contributed by atoms with Crippen molar-refractivity contribution in [1.82, 2.24) is 0 Å². The molecule has 1 spiro atoms. The summed E-state index contributed by atoms with van der Waals surface area (Å²) in [6.07, 6.45) is 3.75. The Morgan fingerprint density at radius 3 is 2.27 bits per heavy atom. The summed E-state index contributed by atoms with van der Waals surface area (Å²) in [5.41, 5.74) is 1.38. The van der Waals surface area contributed by atoms with Crippen LogP contribution in [0.3, 0.4) is 0 Å². The molecular weight excluding hydrogens is 490 g/mol. The number of hydrogen-bond acceptors (Lipinski definition) is 6. The number of benzene rings is 3. The fourth-order valence-corrected chi connectivity index (χ4v) is 6.70. The van der Waals surface area contributed by atoms with Gasteiger partial charge in [0.2, 0.25) is 0 Å². The molecule has 3 aromatic rings. The Labute approximate surface area is 219 Å². The van der Waals surface area contributed by atoms with Gasteiger partial charge in [0.15, 0.2) is 17.3 Å². The zero-order valence-corrected chi connectivity index (χ0v) is 21.3. The van der Waals surface area contributed by atoms with Gasteiger partial charge in [0.25, 0.3) is 0 Å². The van der Waals surface area contributed by atoms with Crippen molar-refractivity contribution >= 4 is 40.7 Å². The van der Waals surface area contributed by atoms with E-state index in [0.717, 1.165) is 11.3 Å². The van der Waals surface area contributed by atoms with E-state index in [1.807, 2.05) is 29.2 Å². The lowest BCUT2D eigenvalue weighted by Gasteiger charge is -2.37. The van der Waals surface area contributed by atoms with E-state index < -0.39 is 23.4 Å². The van der Waals surface area contributed by atoms with E-state index in [2.05, 4.69) is 0 Å². The van der Waals surface area contributed by atoms with Crippen molar-refractivity contribution in [2.75, 3.05) is 19.1 Å². The second-order valence-corrected chi connectivity index (χ2v) is 10.1. The minimum atomic E-state index is -1.56. The molecule has 1 saturated heterocycles. The third kappa shape index (κ3) is 3.02. The van der Waals surface area contributed by atoms with Crippen LogP contribution in [0.4, 0.5) is 5.69 Å². The van der Waals surface area contributed by atoms with E-state index in [1.165, 1.54) is 14.0 Å². The van der Waals surface area contributed by atoms with E-state index in [0.29, 0.717) is 33.2 Å². The van der Waals surface area contributed by atoms with Gasteiger partial charge in [-0.1, -0.05) is 54.1 Å². The Morgan fingerprint density at radius 1 is 0.946 bits per heavy atom. The zero-order chi connectivity index (χ0) is 26.1. The number of carbonyl (C=O) groups excluding carboxylic acids is 3. The van der Waals surface area contributed by atoms with Crippen molar-refractivity contribution in [3.05, 3.63) is 94.0 Å². The predicted molar refractivity (Wildman–Crippen MR) is 141 cm³/mol. The van der Waals surface area contributed by atoms with Gasteiger partial charge in [0, 0.05) is 39.4 Å². The molecule has 2 aliphatic heterocycles. The highest BCUT2D eigenvalue weighted by Gasteiger charge is 2.71. The van der Waals surface area contributed by atoms with E-state index in [4.69, 9.17) is 21.1 Å². The fraction of sp³-hybridized carbons (Fsp3) is 0.233. The minimum Gasteiger partial charge on any atom is -0.497 e. The van der Waals surface area contributed by atoms with Crippen molar-refractivity contribution in [3.8, 4) is 11.5 Å². The summed E-state index contributed by atoms with van der Waals surface area (Å²) >= 11 is 6.28. The molecule has 0 bridgehead atoms. The predicted octanol–water partition coefficient (Wildman–Crippen LogP) is 5.38. The number of fused-ring (bicyclic) bond motifs is 5. The Balaban J connectivity index is 1.69. The summed E-state index contributed by atoms with van der Waals surface area (Å²) in [7, 11) is 3.08. The van der Waals surface area contributed by atoms with Crippen molar-refractivity contribution < 1.29 is 23.9 Å². The molecule has 0 radical (unpaired) electrons. The van der Waals surface area contributed by atoms with Crippen LogP contribution in [0.25, 0.3) is 6.08 Å². The summed E-state index contributed by atoms with van der Waals surface area (Å²) in [6, 6.07) is 16.1. The smallest absolute Gasteiger partial charge is 0.180 e. The molecule has 3 atom stereocenters. The Hall–Kier alpha value is -3.90. The number of carbonyl (C=O) groups is 3. The number of halogens is 1. The second kappa shape index (κ2) is 8.32. The number of hydrogen-bond donors (Lipinski definition) is 0. The number of methoxy groups -OCH3 is 2. The lowest BCUT2D eigenvalue weighted by molar-refractivity contribution is -0.118. The van der Waals surface area contributed by atoms with Crippen molar-refractivity contribution in [1.29, 1.82) is 0 Å². The molecule has 37 heavy (non-hydrogen) atoms. The Bertz CT molecular complexity index is 1490. The molecule has 6 nitrogen and oxygen atoms in total. The van der Waals surface area contributed by atoms with Gasteiger partial charge in [-0.2, -0.15) is 0 Å². The molecule has 3 aliphatic rings. The van der Waals surface area contributed by atoms with Gasteiger partial charge in [-0.15, -0.1) is 0 Å². The maximum absolute atomic E-state index is 14.4. The van der Waals surface area contributed by atoms with Crippen molar-refractivity contribution in [2.45, 2.75) is 24.9 Å². The van der Waals surface area contributed by atoms with Crippen LogP contribution in [0.1, 0.15) is 44.7 Å². The molecule has 1 fully saturated rings. The molecule has 6 rings (SSSR count). The largest absolute Gasteiger partial charge is 0.497 e. The summed E-state index contributed by atoms with van der Waals surface area (Å²) in [5.74, 6) is -0.510. The number of nitrogens with zero attached hydrogens (tertiary/aromatic N) is 1. The topological polar surface area (TPSA) is 72.9 Å². The van der Waals surface area contributed by atoms with Gasteiger partial charge in [-0.25, -0.2) is 0 Å². The average molecular weight is 514 g/mol. The van der Waals surface area contributed by atoms with Crippen LogP contribution in [-0.4, -0.2) is 43.7 Å². The van der Waals surface area contributed by atoms with Crippen LogP contribution in [0.2, 0.25) is 5.02 Å². The van der Waals surface area contributed by atoms with Gasteiger partial charge in [-0.05, 0) is 36.8 Å². The summed E-state index contributed by atoms with van der Waals surface area (Å²) in [6.45, 7) is 1.51. The number of anilines is 1. The summed E-state index contributed by atoms with van der Waals surface area (Å²) < 4.78 is 11.1. The maximum atomic E-state index is 14.4. The normalized spacial score (nSPS) is 22.6. The van der Waals surface area contributed by atoms with Crippen molar-refractivity contribution in [3.63, 3.8) is 0 Å². The highest BCUT2D eigenvalue weighted by Crippen LogP contribution is 2.61. The van der Waals surface area contributed by atoms with Gasteiger partial charge >= 0.3 is 0 Å². The molecular formula is C30H24ClNO5. The highest BCUT2D eigenvalue weighted by molar-refractivity contribution is 6.32. The monoisotopic (exact) mass is 513 g/mol. The summed E-state index contributed by atoms with van der Waals surface area (Å²) in [4.78, 5) is 44.4. The Morgan fingerprint density at radius 2 is 1.65 bits per heavy atom. The number of Topliss-reactive ketones (excluding diaryl/α,β-unsaturated/α-hetero) is 3. The van der Waals surface area contributed by atoms with E-state index in [1.54, 1.807) is 55.6 Å². The number of ether oxygens (including phenoxy) is 2. The van der Waals surface area contributed by atoms with Gasteiger partial charge < -0.3 is 14.4 Å². The molecule has 7 heteroatoms. The molecule has 1 unspecified atom stereocenters. The summed E-state index contributed by atoms with van der Waals surface area (Å²) in [5, 5.41) is 0.559. The quantitative estimate of drug-likeness (QED) is 0.436. The zero-order valence-electron chi connectivity index (χ0n) is 20.5. The SMILES string of the molecule is COc1ccc([C@H]2[C@H](C(C)=O)N3c4ccc(Cl)cc4C=CC3C23C(=O)c2ccccc2C3=O)c(OC)c1. The standard InChI is InChI=1S/C30H24ClNO5/c1-16(33)27-26(22-11-10-19(36-2)15-24(22)37-3)30(28(34)20-6-4-5-7-21(20)29(30)35)25-13-8-17-14-18(31)9-12-23(17)32(25)27/h4-15,25-27H,1-3H3/t25?,26-,27-/m0/s1. The molecule has 1 aliphatic carbocycles. The highest BCUT2D eigenvalue weighted by atomic mass is 35.5. The van der Waals surface area contributed by atoms with Gasteiger partial charge in [0.1, 0.15) is 16.9 Å². The van der Waals surface area contributed by atoms with Gasteiger partial charge in [0.05, 0.1) is 26.3 Å². The first-order valence-corrected chi connectivity index (χ1v) is 12.4. The van der Waals surface area contributed by atoms with E-state index >= 15 is 0 Å². The lowest BCUT2D eigenvalue weighted by Crippen LogP contribution is -2.48. The van der Waals surface area contributed by atoms with Crippen LogP contribution >= 0.6 is 11.6 Å². The van der Waals surface area contributed by atoms with Crippen LogP contribution in [-0.2, 0) is 4.79 Å². The minimum absolute atomic E-state index is 0.155. The Kier molecular flexibility index (Phi) is 5.28. The lowest BCUT2D eigenvalue weighted by atomic mass is 9.64. The molecule has 2 heterocycles. The number of rotatable bonds is 4. The van der Waals surface area contributed by atoms with Crippen LogP contribution < -0.4 is 14.4 Å². The number of ketones is 3. The molecule has 186 valence electrons. The van der Waals surface area contributed by atoms with Crippen LogP contribution in [0.5, 0.6) is 11.5 Å². The van der Waals surface area contributed by atoms with Gasteiger partial charge in [-0.3, -0.25) is 14.4 Å². The van der Waals surface area contributed by atoms with E-state index in [-0.39, 0.29) is 17.3 Å². The fourth-order valence-electron chi connectivity index (χ4n) is 6.52. The first kappa shape index (κ1) is 23.5. The molecule has 0 saturated carbocycles. The first-order valence-electron chi connectivity index (χ1n) is 12.0. The average Bonchev–Trinajstić information content (AvgIpc) is 3.34. The molecule has 0 N–H and O–H groups in total. The third-order valence-corrected chi connectivity index (χ3v) is 8.19. The van der Waals surface area contributed by atoms with E-state index in [9.17, 15) is 14.4 Å². The maximum Gasteiger partial charge on any atom is 0.180 e. The molecule has 3 aromatic carbocycles. The molecule has 0 aromatic heterocycles. The third-order valence-electron chi connectivity index (χ3n) is 7.96. The second-order valence-electron chi connectivity index (χ2n) is 9.63. The van der Waals surface area contributed by atoms with Crippen molar-refractivity contribution in [2.24, 2.45) is 5.41 Å². The van der Waals surface area contributed by atoms with Crippen LogP contribution in [0, 0.1) is 5.41 Å². The first-order chi connectivity index (χ1) is 17.8. The van der Waals surface area contributed by atoms with Crippen LogP contribution in [0.15, 0.2) is 66.7 Å².